The number of carbonyl (C=O) groups excluding carboxylic acids is 1. The standard InChI is InChI=1S/C10H17N5O/c1-6-13-10(9(12)16)14-15(6)8-4-2-7(11)3-5-8/h7-8H,2-5,11H2,1H3,(H2,12,16). The average Bonchev–Trinajstić information content (AvgIpc) is 2.62. The maximum Gasteiger partial charge on any atom is 0.288 e. The monoisotopic (exact) mass is 223 g/mol. The van der Waals surface area contributed by atoms with Crippen molar-refractivity contribution in [3.05, 3.63) is 11.6 Å². The Labute approximate surface area is 94.0 Å². The van der Waals surface area contributed by atoms with E-state index in [2.05, 4.69) is 10.1 Å². The Morgan fingerprint density at radius 2 is 2.00 bits per heavy atom. The molecular weight excluding hydrogens is 206 g/mol. The van der Waals surface area contributed by atoms with Crippen LogP contribution in [-0.2, 0) is 0 Å². The van der Waals surface area contributed by atoms with E-state index in [1.165, 1.54) is 0 Å². The minimum absolute atomic E-state index is 0.104. The molecule has 88 valence electrons. The number of nitrogens with zero attached hydrogens (tertiary/aromatic N) is 3. The van der Waals surface area contributed by atoms with E-state index in [1.54, 1.807) is 0 Å². The van der Waals surface area contributed by atoms with E-state index in [-0.39, 0.29) is 5.82 Å². The highest BCUT2D eigenvalue weighted by Crippen LogP contribution is 2.27. The Morgan fingerprint density at radius 1 is 1.38 bits per heavy atom. The van der Waals surface area contributed by atoms with Gasteiger partial charge in [-0.1, -0.05) is 0 Å². The third-order valence-corrected chi connectivity index (χ3v) is 3.11. The maximum atomic E-state index is 11.0. The van der Waals surface area contributed by atoms with E-state index in [1.807, 2.05) is 11.6 Å². The van der Waals surface area contributed by atoms with Crippen molar-refractivity contribution in [1.82, 2.24) is 14.8 Å². The van der Waals surface area contributed by atoms with E-state index in [4.69, 9.17) is 11.5 Å². The van der Waals surface area contributed by atoms with Gasteiger partial charge in [0.25, 0.3) is 5.91 Å². The molecule has 1 fully saturated rings. The van der Waals surface area contributed by atoms with Gasteiger partial charge in [0, 0.05) is 6.04 Å². The molecule has 0 bridgehead atoms. The van der Waals surface area contributed by atoms with Crippen LogP contribution in [0.3, 0.4) is 0 Å². The molecule has 0 radical (unpaired) electrons. The summed E-state index contributed by atoms with van der Waals surface area (Å²) in [4.78, 5) is 15.0. The third kappa shape index (κ3) is 2.06. The molecule has 0 spiro atoms. The Hall–Kier alpha value is -1.43. The van der Waals surface area contributed by atoms with Crippen LogP contribution >= 0.6 is 0 Å². The van der Waals surface area contributed by atoms with Crippen LogP contribution in [0, 0.1) is 6.92 Å². The van der Waals surface area contributed by atoms with Crippen LogP contribution in [0.4, 0.5) is 0 Å². The fourth-order valence-electron chi connectivity index (χ4n) is 2.20. The molecule has 4 N–H and O–H groups in total. The molecule has 16 heavy (non-hydrogen) atoms. The lowest BCUT2D eigenvalue weighted by atomic mass is 9.92. The average molecular weight is 223 g/mol. The van der Waals surface area contributed by atoms with Gasteiger partial charge in [0.1, 0.15) is 5.82 Å². The second-order valence-corrected chi connectivity index (χ2v) is 4.36. The van der Waals surface area contributed by atoms with E-state index in [0.29, 0.717) is 12.1 Å². The van der Waals surface area contributed by atoms with Crippen molar-refractivity contribution in [2.24, 2.45) is 11.5 Å². The predicted molar refractivity (Wildman–Crippen MR) is 58.8 cm³/mol. The van der Waals surface area contributed by atoms with Gasteiger partial charge in [-0.2, -0.15) is 0 Å². The summed E-state index contributed by atoms with van der Waals surface area (Å²) in [5.74, 6) is 0.274. The molecule has 2 rings (SSSR count). The molecule has 1 aromatic heterocycles. The molecular formula is C10H17N5O. The zero-order valence-electron chi connectivity index (χ0n) is 9.39. The van der Waals surface area contributed by atoms with Crippen molar-refractivity contribution in [3.8, 4) is 0 Å². The summed E-state index contributed by atoms with van der Waals surface area (Å²) in [5.41, 5.74) is 11.0. The first-order valence-corrected chi connectivity index (χ1v) is 5.56. The highest BCUT2D eigenvalue weighted by molar-refractivity contribution is 5.88. The number of rotatable bonds is 2. The molecule has 1 heterocycles. The Bertz CT molecular complexity index is 392. The predicted octanol–water partition coefficient (Wildman–Crippen LogP) is 0.128. The Kier molecular flexibility index (Phi) is 2.91. The Balaban J connectivity index is 2.17. The summed E-state index contributed by atoms with van der Waals surface area (Å²) >= 11 is 0. The number of hydrogen-bond acceptors (Lipinski definition) is 4. The first kappa shape index (κ1) is 11.1. The van der Waals surface area contributed by atoms with Crippen LogP contribution in [-0.4, -0.2) is 26.7 Å². The second kappa shape index (κ2) is 4.21. The third-order valence-electron chi connectivity index (χ3n) is 3.11. The van der Waals surface area contributed by atoms with Crippen molar-refractivity contribution >= 4 is 5.91 Å². The lowest BCUT2D eigenvalue weighted by molar-refractivity contribution is 0.0989. The topological polar surface area (TPSA) is 99.8 Å². The fraction of sp³-hybridized carbons (Fsp3) is 0.700. The zero-order valence-corrected chi connectivity index (χ0v) is 9.39. The van der Waals surface area contributed by atoms with Gasteiger partial charge in [0.15, 0.2) is 0 Å². The summed E-state index contributed by atoms with van der Waals surface area (Å²) < 4.78 is 1.81. The van der Waals surface area contributed by atoms with Crippen LogP contribution < -0.4 is 11.5 Å². The van der Waals surface area contributed by atoms with Gasteiger partial charge in [-0.05, 0) is 32.6 Å². The van der Waals surface area contributed by atoms with E-state index in [9.17, 15) is 4.79 Å². The summed E-state index contributed by atoms with van der Waals surface area (Å²) in [6, 6.07) is 0.607. The number of aryl methyl sites for hydroxylation is 1. The normalized spacial score (nSPS) is 25.6. The molecule has 1 amide bonds. The summed E-state index contributed by atoms with van der Waals surface area (Å²) in [7, 11) is 0. The maximum absolute atomic E-state index is 11.0. The lowest BCUT2D eigenvalue weighted by Gasteiger charge is -2.26. The van der Waals surface area contributed by atoms with Crippen molar-refractivity contribution in [2.75, 3.05) is 0 Å². The molecule has 0 aliphatic heterocycles. The molecule has 0 unspecified atom stereocenters. The lowest BCUT2D eigenvalue weighted by Crippen LogP contribution is -2.28. The smallest absolute Gasteiger partial charge is 0.288 e. The number of aromatic nitrogens is 3. The van der Waals surface area contributed by atoms with Gasteiger partial charge < -0.3 is 11.5 Å². The van der Waals surface area contributed by atoms with Crippen molar-refractivity contribution in [3.63, 3.8) is 0 Å². The van der Waals surface area contributed by atoms with Crippen LogP contribution in [0.15, 0.2) is 0 Å². The molecule has 0 atom stereocenters. The summed E-state index contributed by atoms with van der Waals surface area (Å²) in [6.07, 6.45) is 3.97. The van der Waals surface area contributed by atoms with Crippen LogP contribution in [0.25, 0.3) is 0 Å². The largest absolute Gasteiger partial charge is 0.363 e. The molecule has 0 saturated heterocycles. The van der Waals surface area contributed by atoms with Crippen LogP contribution in [0.5, 0.6) is 0 Å². The van der Waals surface area contributed by atoms with Crippen molar-refractivity contribution in [2.45, 2.75) is 44.7 Å². The SMILES string of the molecule is Cc1nc(C(N)=O)nn1C1CCC(N)CC1. The highest BCUT2D eigenvalue weighted by atomic mass is 16.1. The van der Waals surface area contributed by atoms with Crippen molar-refractivity contribution < 1.29 is 4.79 Å². The first-order valence-electron chi connectivity index (χ1n) is 5.56. The summed E-state index contributed by atoms with van der Waals surface area (Å²) in [6.45, 7) is 1.84. The Morgan fingerprint density at radius 3 is 2.50 bits per heavy atom. The molecule has 1 aliphatic carbocycles. The molecule has 0 aromatic carbocycles. The fourth-order valence-corrected chi connectivity index (χ4v) is 2.20. The zero-order chi connectivity index (χ0) is 11.7. The number of carbonyl (C=O) groups is 1. The minimum atomic E-state index is -0.575. The number of hydrogen-bond donors (Lipinski definition) is 2. The molecule has 6 nitrogen and oxygen atoms in total. The minimum Gasteiger partial charge on any atom is -0.363 e. The molecule has 1 saturated carbocycles. The first-order chi connectivity index (χ1) is 7.58. The van der Waals surface area contributed by atoms with Crippen LogP contribution in [0.2, 0.25) is 0 Å². The number of nitrogens with two attached hydrogens (primary N) is 2. The second-order valence-electron chi connectivity index (χ2n) is 4.36. The molecule has 1 aromatic rings. The summed E-state index contributed by atoms with van der Waals surface area (Å²) in [5, 5.41) is 4.15. The van der Waals surface area contributed by atoms with Crippen LogP contribution in [0.1, 0.15) is 48.2 Å². The quantitative estimate of drug-likeness (QED) is 0.744. The molecule has 1 aliphatic rings. The van der Waals surface area contributed by atoms with Gasteiger partial charge in [-0.3, -0.25) is 4.79 Å². The molecule has 6 heteroatoms. The van der Waals surface area contributed by atoms with Gasteiger partial charge in [-0.25, -0.2) is 9.67 Å². The number of amides is 1. The van der Waals surface area contributed by atoms with E-state index < -0.39 is 5.91 Å². The van der Waals surface area contributed by atoms with E-state index in [0.717, 1.165) is 31.5 Å². The van der Waals surface area contributed by atoms with Gasteiger partial charge >= 0.3 is 0 Å². The van der Waals surface area contributed by atoms with Gasteiger partial charge in [0.05, 0.1) is 6.04 Å². The van der Waals surface area contributed by atoms with E-state index >= 15 is 0 Å². The van der Waals surface area contributed by atoms with Gasteiger partial charge in [-0.15, -0.1) is 5.10 Å². The number of primary amides is 1. The highest BCUT2D eigenvalue weighted by Gasteiger charge is 2.23. The van der Waals surface area contributed by atoms with Gasteiger partial charge in [0.2, 0.25) is 5.82 Å². The van der Waals surface area contributed by atoms with Crippen molar-refractivity contribution in [1.29, 1.82) is 0 Å².